The molecule has 0 fully saturated rings. The van der Waals surface area contributed by atoms with Crippen molar-refractivity contribution in [2.45, 2.75) is 19.0 Å². The normalized spacial score (nSPS) is 16.8. The number of nitrogens with one attached hydrogen (secondary N) is 1. The first-order valence-corrected chi connectivity index (χ1v) is 9.10. The second-order valence-electron chi connectivity index (χ2n) is 6.64. The third-order valence-electron chi connectivity index (χ3n) is 4.94. The summed E-state index contributed by atoms with van der Waals surface area (Å²) in [4.78, 5) is 14.8. The summed E-state index contributed by atoms with van der Waals surface area (Å²) in [6, 6.07) is 24.7. The average molecular weight is 345 g/mol. The molecule has 2 heterocycles. The van der Waals surface area contributed by atoms with Gasteiger partial charge >= 0.3 is 0 Å². The van der Waals surface area contributed by atoms with E-state index < -0.39 is 0 Å². The van der Waals surface area contributed by atoms with Crippen LogP contribution in [0.2, 0.25) is 0 Å². The van der Waals surface area contributed by atoms with Crippen LogP contribution in [0, 0.1) is 0 Å². The van der Waals surface area contributed by atoms with Crippen molar-refractivity contribution < 1.29 is 4.79 Å². The van der Waals surface area contributed by atoms with E-state index in [1.54, 1.807) is 0 Å². The molecule has 0 unspecified atom stereocenters. The van der Waals surface area contributed by atoms with Crippen molar-refractivity contribution in [3.8, 4) is 0 Å². The van der Waals surface area contributed by atoms with E-state index in [1.165, 1.54) is 11.3 Å². The molecule has 0 bridgehead atoms. The second-order valence-corrected chi connectivity index (χ2v) is 6.64. The molecule has 1 aromatic heterocycles. The number of benzene rings is 2. The topological polar surface area (TPSA) is 37.3 Å². The highest BCUT2D eigenvalue weighted by molar-refractivity contribution is 5.90. The Morgan fingerprint density at radius 3 is 2.42 bits per heavy atom. The molecule has 0 radical (unpaired) electrons. The van der Waals surface area contributed by atoms with E-state index in [2.05, 4.69) is 57.4 Å². The van der Waals surface area contributed by atoms with Crippen LogP contribution in [0.15, 0.2) is 79.0 Å². The zero-order chi connectivity index (χ0) is 17.8. The van der Waals surface area contributed by atoms with Gasteiger partial charge in [0.15, 0.2) is 0 Å². The Labute approximate surface area is 154 Å². The fourth-order valence-corrected chi connectivity index (χ4v) is 3.68. The van der Waals surface area contributed by atoms with Crippen molar-refractivity contribution in [2.24, 2.45) is 0 Å². The van der Waals surface area contributed by atoms with Gasteiger partial charge in [0.05, 0.1) is 6.04 Å². The molecule has 1 aliphatic rings. The van der Waals surface area contributed by atoms with E-state index >= 15 is 0 Å². The standard InChI is InChI=1S/C22H23N3O/c26-21(23-19-10-5-2-6-11-19)13-15-25-17-16-24-14-7-12-20(24)22(25)18-8-3-1-4-9-18/h1-12,14,22H,13,15-17H2,(H,23,26)/t22-/m1/s1. The monoisotopic (exact) mass is 345 g/mol. The number of hydrogen-bond donors (Lipinski definition) is 1. The Balaban J connectivity index is 1.47. The van der Waals surface area contributed by atoms with E-state index in [1.807, 2.05) is 36.4 Å². The quantitative estimate of drug-likeness (QED) is 0.761. The number of amides is 1. The lowest BCUT2D eigenvalue weighted by atomic mass is 10.00. The van der Waals surface area contributed by atoms with Crippen molar-refractivity contribution in [3.05, 3.63) is 90.3 Å². The molecular weight excluding hydrogens is 322 g/mol. The smallest absolute Gasteiger partial charge is 0.225 e. The van der Waals surface area contributed by atoms with Crippen LogP contribution in [0.3, 0.4) is 0 Å². The maximum Gasteiger partial charge on any atom is 0.225 e. The number of carbonyl (C=O) groups is 1. The van der Waals surface area contributed by atoms with E-state index in [9.17, 15) is 4.79 Å². The van der Waals surface area contributed by atoms with Crippen LogP contribution in [0.25, 0.3) is 0 Å². The lowest BCUT2D eigenvalue weighted by molar-refractivity contribution is -0.116. The second kappa shape index (κ2) is 7.58. The summed E-state index contributed by atoms with van der Waals surface area (Å²) in [7, 11) is 0. The SMILES string of the molecule is O=C(CCN1CCn2cccc2[C@H]1c1ccccc1)Nc1ccccc1. The minimum absolute atomic E-state index is 0.0592. The number of hydrogen-bond acceptors (Lipinski definition) is 2. The number of rotatable bonds is 5. The number of fused-ring (bicyclic) bond motifs is 1. The molecular formula is C22H23N3O. The highest BCUT2D eigenvalue weighted by Crippen LogP contribution is 2.32. The van der Waals surface area contributed by atoms with Crippen molar-refractivity contribution in [2.75, 3.05) is 18.4 Å². The highest BCUT2D eigenvalue weighted by Gasteiger charge is 2.28. The summed E-state index contributed by atoms with van der Waals surface area (Å²) in [6.07, 6.45) is 2.63. The van der Waals surface area contributed by atoms with Gasteiger partial charge in [0.25, 0.3) is 0 Å². The number of aromatic nitrogens is 1. The van der Waals surface area contributed by atoms with Crippen LogP contribution >= 0.6 is 0 Å². The third-order valence-corrected chi connectivity index (χ3v) is 4.94. The summed E-state index contributed by atoms with van der Waals surface area (Å²) in [5, 5.41) is 2.98. The predicted molar refractivity (Wildman–Crippen MR) is 104 cm³/mol. The van der Waals surface area contributed by atoms with Gasteiger partial charge in [0, 0.05) is 43.6 Å². The fraction of sp³-hybridized carbons (Fsp3) is 0.227. The van der Waals surface area contributed by atoms with Crippen LogP contribution in [0.4, 0.5) is 5.69 Å². The Hall–Kier alpha value is -2.85. The average Bonchev–Trinajstić information content (AvgIpc) is 3.16. The van der Waals surface area contributed by atoms with E-state index in [-0.39, 0.29) is 11.9 Å². The molecule has 0 aliphatic carbocycles. The molecule has 2 aromatic carbocycles. The predicted octanol–water partition coefficient (Wildman–Crippen LogP) is 3.92. The Kier molecular flexibility index (Phi) is 4.84. The summed E-state index contributed by atoms with van der Waals surface area (Å²) in [6.45, 7) is 2.65. The van der Waals surface area contributed by atoms with Crippen LogP contribution in [0.5, 0.6) is 0 Å². The minimum atomic E-state index is 0.0592. The number of nitrogens with zero attached hydrogens (tertiary/aromatic N) is 2. The van der Waals surface area contributed by atoms with Crippen molar-refractivity contribution in [1.82, 2.24) is 9.47 Å². The van der Waals surface area contributed by atoms with Crippen molar-refractivity contribution in [1.29, 1.82) is 0 Å². The molecule has 132 valence electrons. The van der Waals surface area contributed by atoms with Crippen molar-refractivity contribution >= 4 is 11.6 Å². The summed E-state index contributed by atoms with van der Waals surface area (Å²) in [5.41, 5.74) is 3.42. The third kappa shape index (κ3) is 3.55. The van der Waals surface area contributed by atoms with Gasteiger partial charge in [-0.25, -0.2) is 0 Å². The Bertz CT molecular complexity index is 857. The van der Waals surface area contributed by atoms with Crippen LogP contribution in [-0.2, 0) is 11.3 Å². The molecule has 0 spiro atoms. The van der Waals surface area contributed by atoms with Crippen LogP contribution in [0.1, 0.15) is 23.7 Å². The van der Waals surface area contributed by atoms with Crippen molar-refractivity contribution in [3.63, 3.8) is 0 Å². The van der Waals surface area contributed by atoms with Crippen LogP contribution < -0.4 is 5.32 Å². The van der Waals surface area contributed by atoms with E-state index in [0.29, 0.717) is 6.42 Å². The molecule has 1 aliphatic heterocycles. The Morgan fingerprint density at radius 2 is 1.65 bits per heavy atom. The summed E-state index contributed by atoms with van der Waals surface area (Å²) >= 11 is 0. The van der Waals surface area contributed by atoms with Gasteiger partial charge in [-0.1, -0.05) is 48.5 Å². The molecule has 26 heavy (non-hydrogen) atoms. The molecule has 3 aromatic rings. The molecule has 0 saturated carbocycles. The fourth-order valence-electron chi connectivity index (χ4n) is 3.68. The van der Waals surface area contributed by atoms with Gasteiger partial charge in [-0.05, 0) is 29.8 Å². The molecule has 1 atom stereocenters. The zero-order valence-corrected chi connectivity index (χ0v) is 14.7. The van der Waals surface area contributed by atoms with Gasteiger partial charge in [0.1, 0.15) is 0 Å². The van der Waals surface area contributed by atoms with E-state index in [0.717, 1.165) is 25.3 Å². The lowest BCUT2D eigenvalue weighted by Gasteiger charge is -2.37. The van der Waals surface area contributed by atoms with Crippen LogP contribution in [-0.4, -0.2) is 28.5 Å². The summed E-state index contributed by atoms with van der Waals surface area (Å²) < 4.78 is 2.32. The van der Waals surface area contributed by atoms with Gasteiger partial charge in [-0.2, -0.15) is 0 Å². The highest BCUT2D eigenvalue weighted by atomic mass is 16.1. The van der Waals surface area contributed by atoms with Gasteiger partial charge in [0.2, 0.25) is 5.91 Å². The molecule has 4 nitrogen and oxygen atoms in total. The maximum atomic E-state index is 12.4. The zero-order valence-electron chi connectivity index (χ0n) is 14.7. The lowest BCUT2D eigenvalue weighted by Crippen LogP contribution is -2.39. The maximum absolute atomic E-state index is 12.4. The number of anilines is 1. The number of carbonyl (C=O) groups excluding carboxylic acids is 1. The van der Waals surface area contributed by atoms with Gasteiger partial charge < -0.3 is 9.88 Å². The Morgan fingerprint density at radius 1 is 0.923 bits per heavy atom. The molecule has 1 amide bonds. The summed E-state index contributed by atoms with van der Waals surface area (Å²) in [5.74, 6) is 0.0592. The molecule has 4 heteroatoms. The number of para-hydroxylation sites is 1. The first-order chi connectivity index (χ1) is 12.8. The molecule has 0 saturated heterocycles. The largest absolute Gasteiger partial charge is 0.348 e. The van der Waals surface area contributed by atoms with Gasteiger partial charge in [-0.3, -0.25) is 9.69 Å². The molecule has 1 N–H and O–H groups in total. The van der Waals surface area contributed by atoms with Gasteiger partial charge in [-0.15, -0.1) is 0 Å². The molecule has 4 rings (SSSR count). The van der Waals surface area contributed by atoms with E-state index in [4.69, 9.17) is 0 Å². The first kappa shape index (κ1) is 16.6. The first-order valence-electron chi connectivity index (χ1n) is 9.10. The minimum Gasteiger partial charge on any atom is -0.348 e.